The van der Waals surface area contributed by atoms with Crippen LogP contribution in [0.2, 0.25) is 0 Å². The molecule has 0 fully saturated rings. The van der Waals surface area contributed by atoms with Crippen molar-refractivity contribution in [3.8, 4) is 0 Å². The van der Waals surface area contributed by atoms with Crippen LogP contribution in [0.25, 0.3) is 0 Å². The molecule has 1 atom stereocenters. The van der Waals surface area contributed by atoms with Crippen molar-refractivity contribution in [2.24, 2.45) is 0 Å². The lowest BCUT2D eigenvalue weighted by molar-refractivity contribution is -0.146. The van der Waals surface area contributed by atoms with Gasteiger partial charge in [0, 0.05) is 30.2 Å². The maximum Gasteiger partial charge on any atom is 0.306 e. The number of rotatable bonds is 8. The summed E-state index contributed by atoms with van der Waals surface area (Å²) in [6.45, 7) is 6.78. The van der Waals surface area contributed by atoms with Crippen LogP contribution in [0.5, 0.6) is 0 Å². The van der Waals surface area contributed by atoms with Crippen LogP contribution >= 0.6 is 0 Å². The Labute approximate surface area is 170 Å². The number of anilines is 1. The molecule has 0 bridgehead atoms. The highest BCUT2D eigenvalue weighted by Crippen LogP contribution is 2.15. The second-order valence-corrected chi connectivity index (χ2v) is 6.98. The summed E-state index contributed by atoms with van der Waals surface area (Å²) in [4.78, 5) is 47.7. The summed E-state index contributed by atoms with van der Waals surface area (Å²) in [6.07, 6.45) is -1.04. The van der Waals surface area contributed by atoms with Crippen molar-refractivity contribution in [3.63, 3.8) is 0 Å². The minimum absolute atomic E-state index is 0.0215. The average Bonchev–Trinajstić information content (AvgIpc) is 2.67. The zero-order chi connectivity index (χ0) is 21.6. The highest BCUT2D eigenvalue weighted by Gasteiger charge is 2.20. The van der Waals surface area contributed by atoms with Gasteiger partial charge >= 0.3 is 5.97 Å². The predicted molar refractivity (Wildman–Crippen MR) is 110 cm³/mol. The molecule has 0 saturated carbocycles. The molecule has 1 N–H and O–H groups in total. The fourth-order valence-electron chi connectivity index (χ4n) is 2.74. The number of ether oxygens (including phenoxy) is 1. The summed E-state index contributed by atoms with van der Waals surface area (Å²) >= 11 is 0. The highest BCUT2D eigenvalue weighted by molar-refractivity contribution is 6.01. The van der Waals surface area contributed by atoms with E-state index in [1.807, 2.05) is 19.9 Å². The average molecular weight is 395 g/mol. The Hall–Kier alpha value is -3.28. The normalized spacial score (nSPS) is 11.4. The van der Waals surface area contributed by atoms with Crippen LogP contribution in [0.1, 0.15) is 58.5 Å². The molecule has 0 heterocycles. The number of ketones is 2. The Morgan fingerprint density at radius 3 is 2.10 bits per heavy atom. The first-order chi connectivity index (χ1) is 13.7. The van der Waals surface area contributed by atoms with Gasteiger partial charge in [0.15, 0.2) is 11.9 Å². The summed E-state index contributed by atoms with van der Waals surface area (Å²) in [7, 11) is 0. The summed E-state index contributed by atoms with van der Waals surface area (Å²) in [5, 5.41) is 2.61. The third-order valence-corrected chi connectivity index (χ3v) is 4.55. The maximum atomic E-state index is 12.4. The quantitative estimate of drug-likeness (QED) is 0.538. The number of Topliss-reactive ketones (excluding diaryl/α,β-unsaturated/α-hetero) is 2. The first-order valence-electron chi connectivity index (χ1n) is 9.39. The van der Waals surface area contributed by atoms with E-state index in [1.165, 1.54) is 13.8 Å². The molecule has 2 rings (SSSR count). The molecule has 6 heteroatoms. The molecule has 0 aliphatic rings. The van der Waals surface area contributed by atoms with Gasteiger partial charge in [-0.15, -0.1) is 0 Å². The molecular weight excluding hydrogens is 370 g/mol. The number of carbonyl (C=O) groups excluding carboxylic acids is 4. The van der Waals surface area contributed by atoms with Gasteiger partial charge in [0.2, 0.25) is 11.7 Å². The standard InChI is InChI=1S/C23H25NO5/c1-14-5-6-19(13-15(14)2)21(26)11-12-22(27)29-16(3)23(28)18-7-9-20(10-8-18)24-17(4)25/h5-10,13,16H,11-12H2,1-4H3,(H,24,25)/t16-/m1/s1. The second kappa shape index (κ2) is 9.78. The number of benzene rings is 2. The van der Waals surface area contributed by atoms with E-state index in [4.69, 9.17) is 4.74 Å². The molecule has 0 unspecified atom stereocenters. The lowest BCUT2D eigenvalue weighted by Gasteiger charge is -2.13. The number of nitrogens with one attached hydrogen (secondary N) is 1. The monoisotopic (exact) mass is 395 g/mol. The van der Waals surface area contributed by atoms with Crippen molar-refractivity contribution >= 4 is 29.1 Å². The minimum Gasteiger partial charge on any atom is -0.454 e. The van der Waals surface area contributed by atoms with Crippen LogP contribution in [-0.4, -0.2) is 29.5 Å². The number of esters is 1. The Kier molecular flexibility index (Phi) is 7.42. The number of aryl methyl sites for hydroxylation is 2. The Bertz CT molecular complexity index is 931. The van der Waals surface area contributed by atoms with Crippen molar-refractivity contribution < 1.29 is 23.9 Å². The van der Waals surface area contributed by atoms with Gasteiger partial charge in [0.1, 0.15) is 0 Å². The predicted octanol–water partition coefficient (Wildman–Crippen LogP) is 4.04. The van der Waals surface area contributed by atoms with E-state index in [0.717, 1.165) is 11.1 Å². The molecule has 152 valence electrons. The van der Waals surface area contributed by atoms with E-state index < -0.39 is 12.1 Å². The van der Waals surface area contributed by atoms with Crippen LogP contribution in [0, 0.1) is 13.8 Å². The largest absolute Gasteiger partial charge is 0.454 e. The van der Waals surface area contributed by atoms with Crippen LogP contribution < -0.4 is 5.32 Å². The second-order valence-electron chi connectivity index (χ2n) is 6.98. The van der Waals surface area contributed by atoms with E-state index >= 15 is 0 Å². The fourth-order valence-corrected chi connectivity index (χ4v) is 2.74. The Morgan fingerprint density at radius 2 is 1.52 bits per heavy atom. The molecule has 0 aromatic heterocycles. The third-order valence-electron chi connectivity index (χ3n) is 4.55. The topological polar surface area (TPSA) is 89.5 Å². The van der Waals surface area contributed by atoms with Crippen LogP contribution in [-0.2, 0) is 14.3 Å². The van der Waals surface area contributed by atoms with Gasteiger partial charge in [-0.1, -0.05) is 12.1 Å². The molecule has 0 aliphatic carbocycles. The van der Waals surface area contributed by atoms with Gasteiger partial charge in [0.05, 0.1) is 6.42 Å². The zero-order valence-electron chi connectivity index (χ0n) is 17.1. The van der Waals surface area contributed by atoms with E-state index in [9.17, 15) is 19.2 Å². The molecule has 2 aromatic carbocycles. The van der Waals surface area contributed by atoms with Gasteiger partial charge in [0.25, 0.3) is 0 Å². The molecule has 2 aromatic rings. The lowest BCUT2D eigenvalue weighted by Crippen LogP contribution is -2.24. The molecule has 29 heavy (non-hydrogen) atoms. The van der Waals surface area contributed by atoms with Crippen LogP contribution in [0.4, 0.5) is 5.69 Å². The highest BCUT2D eigenvalue weighted by atomic mass is 16.5. The number of amides is 1. The van der Waals surface area contributed by atoms with Gasteiger partial charge in [-0.3, -0.25) is 19.2 Å². The fraction of sp³-hybridized carbons (Fsp3) is 0.304. The van der Waals surface area contributed by atoms with Gasteiger partial charge in [-0.2, -0.15) is 0 Å². The molecule has 1 amide bonds. The minimum atomic E-state index is -0.967. The summed E-state index contributed by atoms with van der Waals surface area (Å²) < 4.78 is 5.18. The third kappa shape index (κ3) is 6.38. The first-order valence-corrected chi connectivity index (χ1v) is 9.39. The van der Waals surface area contributed by atoms with Gasteiger partial charge in [-0.05, 0) is 62.2 Å². The van der Waals surface area contributed by atoms with E-state index in [1.54, 1.807) is 36.4 Å². The molecule has 0 aliphatic heterocycles. The van der Waals surface area contributed by atoms with Crippen molar-refractivity contribution in [2.45, 2.75) is 46.6 Å². The van der Waals surface area contributed by atoms with Crippen molar-refractivity contribution in [1.82, 2.24) is 0 Å². The molecular formula is C23H25NO5. The zero-order valence-corrected chi connectivity index (χ0v) is 17.1. The van der Waals surface area contributed by atoms with Crippen molar-refractivity contribution in [2.75, 3.05) is 5.32 Å². The lowest BCUT2D eigenvalue weighted by atomic mass is 10.0. The molecule has 0 saturated heterocycles. The van der Waals surface area contributed by atoms with Crippen molar-refractivity contribution in [3.05, 3.63) is 64.7 Å². The Balaban J connectivity index is 1.87. The van der Waals surface area contributed by atoms with Crippen LogP contribution in [0.3, 0.4) is 0 Å². The van der Waals surface area contributed by atoms with Gasteiger partial charge < -0.3 is 10.1 Å². The summed E-state index contributed by atoms with van der Waals surface area (Å²) in [5.74, 6) is -1.30. The number of hydrogen-bond donors (Lipinski definition) is 1. The van der Waals surface area contributed by atoms with Gasteiger partial charge in [-0.25, -0.2) is 0 Å². The molecule has 0 radical (unpaired) electrons. The number of carbonyl (C=O) groups is 4. The van der Waals surface area contributed by atoms with E-state index in [-0.39, 0.29) is 30.3 Å². The first kappa shape index (κ1) is 22.0. The molecule has 6 nitrogen and oxygen atoms in total. The smallest absolute Gasteiger partial charge is 0.306 e. The van der Waals surface area contributed by atoms with E-state index in [0.29, 0.717) is 16.8 Å². The summed E-state index contributed by atoms with van der Waals surface area (Å²) in [5.41, 5.74) is 3.61. The molecule has 0 spiro atoms. The SMILES string of the molecule is CC(=O)Nc1ccc(C(=O)[C@@H](C)OC(=O)CCC(=O)c2ccc(C)c(C)c2)cc1. The maximum absolute atomic E-state index is 12.4. The van der Waals surface area contributed by atoms with Crippen molar-refractivity contribution in [1.29, 1.82) is 0 Å². The van der Waals surface area contributed by atoms with Crippen LogP contribution in [0.15, 0.2) is 42.5 Å². The summed E-state index contributed by atoms with van der Waals surface area (Å²) in [6, 6.07) is 11.7. The Morgan fingerprint density at radius 1 is 0.897 bits per heavy atom. The van der Waals surface area contributed by atoms with E-state index in [2.05, 4.69) is 5.32 Å². The number of hydrogen-bond acceptors (Lipinski definition) is 5.